The second-order valence-corrected chi connectivity index (χ2v) is 9.51. The van der Waals surface area contributed by atoms with Crippen LogP contribution in [0.15, 0.2) is 35.0 Å². The lowest BCUT2D eigenvalue weighted by atomic mass is 9.70. The second kappa shape index (κ2) is 8.71. The average Bonchev–Trinajstić information content (AvgIpc) is 3.41. The average molecular weight is 477 g/mol. The molecule has 33 heavy (non-hydrogen) atoms. The number of alkyl halides is 3. The van der Waals surface area contributed by atoms with E-state index in [4.69, 9.17) is 11.0 Å². The first-order valence-corrected chi connectivity index (χ1v) is 11.5. The van der Waals surface area contributed by atoms with E-state index in [0.717, 1.165) is 17.7 Å². The molecule has 2 N–H and O–H groups in total. The molecule has 4 rings (SSSR count). The Morgan fingerprint density at radius 1 is 1.24 bits per heavy atom. The van der Waals surface area contributed by atoms with Crippen LogP contribution in [0.25, 0.3) is 0 Å². The third kappa shape index (κ3) is 4.55. The van der Waals surface area contributed by atoms with Crippen molar-refractivity contribution in [1.82, 2.24) is 4.90 Å². The van der Waals surface area contributed by atoms with Crippen molar-refractivity contribution in [1.29, 1.82) is 5.26 Å². The molecule has 0 saturated carbocycles. The van der Waals surface area contributed by atoms with Gasteiger partial charge in [0.05, 0.1) is 29.5 Å². The molecule has 2 aliphatic rings. The van der Waals surface area contributed by atoms with Gasteiger partial charge in [-0.1, -0.05) is 0 Å². The standard InChI is InChI=1S/C23H23F3N4O2S/c24-23(25,26)18-10-17(2-1-16(18)11-27)30-12-19(21(28)32)22(14-30)4-6-29(7-5-22)20(31)9-15-3-8-33-13-15/h1-3,8,10,13,19H,4-7,9,12,14H2,(H2,28,32). The van der Waals surface area contributed by atoms with Gasteiger partial charge in [0.15, 0.2) is 0 Å². The van der Waals surface area contributed by atoms with E-state index in [0.29, 0.717) is 44.6 Å². The Bertz CT molecular complexity index is 1090. The van der Waals surface area contributed by atoms with Crippen molar-refractivity contribution < 1.29 is 22.8 Å². The minimum absolute atomic E-state index is 0.0237. The zero-order valence-corrected chi connectivity index (χ0v) is 18.6. The first-order valence-electron chi connectivity index (χ1n) is 10.6. The molecule has 1 unspecified atom stereocenters. The van der Waals surface area contributed by atoms with Crippen LogP contribution in [0, 0.1) is 22.7 Å². The normalized spacial score (nSPS) is 20.1. The lowest BCUT2D eigenvalue weighted by molar-refractivity contribution is -0.138. The molecule has 1 aromatic heterocycles. The van der Waals surface area contributed by atoms with Gasteiger partial charge in [0.2, 0.25) is 11.8 Å². The summed E-state index contributed by atoms with van der Waals surface area (Å²) in [6.07, 6.45) is -3.23. The molecule has 0 aliphatic carbocycles. The number of hydrogen-bond donors (Lipinski definition) is 1. The predicted octanol–water partition coefficient (Wildman–Crippen LogP) is 3.41. The molecule has 1 atom stereocenters. The highest BCUT2D eigenvalue weighted by atomic mass is 32.1. The van der Waals surface area contributed by atoms with Gasteiger partial charge in [-0.05, 0) is 53.4 Å². The van der Waals surface area contributed by atoms with Crippen LogP contribution in [0.2, 0.25) is 0 Å². The van der Waals surface area contributed by atoms with Gasteiger partial charge in [0.1, 0.15) is 0 Å². The molecule has 1 aromatic carbocycles. The van der Waals surface area contributed by atoms with Gasteiger partial charge >= 0.3 is 6.18 Å². The van der Waals surface area contributed by atoms with Crippen LogP contribution in [-0.2, 0) is 22.2 Å². The summed E-state index contributed by atoms with van der Waals surface area (Å²) in [6.45, 7) is 1.53. The lowest BCUT2D eigenvalue weighted by Crippen LogP contribution is -2.49. The van der Waals surface area contributed by atoms with Crippen LogP contribution in [0.1, 0.15) is 29.5 Å². The number of nitrogens with two attached hydrogens (primary N) is 1. The molecule has 2 aliphatic heterocycles. The number of halogens is 3. The Labute approximate surface area is 193 Å². The van der Waals surface area contributed by atoms with Crippen LogP contribution < -0.4 is 10.6 Å². The molecule has 2 amide bonds. The number of likely N-dealkylation sites (tertiary alicyclic amines) is 1. The van der Waals surface area contributed by atoms with Crippen molar-refractivity contribution in [2.75, 3.05) is 31.1 Å². The fourth-order valence-electron chi connectivity index (χ4n) is 5.01. The van der Waals surface area contributed by atoms with Crippen LogP contribution in [-0.4, -0.2) is 42.9 Å². The molecular weight excluding hydrogens is 453 g/mol. The van der Waals surface area contributed by atoms with E-state index >= 15 is 0 Å². The van der Waals surface area contributed by atoms with Gasteiger partial charge in [-0.3, -0.25) is 9.59 Å². The van der Waals surface area contributed by atoms with Crippen LogP contribution >= 0.6 is 11.3 Å². The summed E-state index contributed by atoms with van der Waals surface area (Å²) in [5.74, 6) is -0.993. The van der Waals surface area contributed by atoms with Crippen molar-refractivity contribution in [3.05, 3.63) is 51.7 Å². The summed E-state index contributed by atoms with van der Waals surface area (Å²) in [4.78, 5) is 28.5. The summed E-state index contributed by atoms with van der Waals surface area (Å²) in [5, 5.41) is 12.9. The third-order valence-corrected chi connectivity index (χ3v) is 7.56. The Morgan fingerprint density at radius 3 is 2.55 bits per heavy atom. The summed E-state index contributed by atoms with van der Waals surface area (Å²) < 4.78 is 40.3. The van der Waals surface area contributed by atoms with Gasteiger partial charge in [0.25, 0.3) is 0 Å². The zero-order valence-electron chi connectivity index (χ0n) is 17.8. The summed E-state index contributed by atoms with van der Waals surface area (Å²) in [5.41, 5.74) is 5.04. The first-order chi connectivity index (χ1) is 15.6. The van der Waals surface area contributed by atoms with Crippen molar-refractivity contribution in [3.8, 4) is 6.07 Å². The molecular formula is C23H23F3N4O2S. The Kier molecular flexibility index (Phi) is 6.10. The maximum absolute atomic E-state index is 13.4. The lowest BCUT2D eigenvalue weighted by Gasteiger charge is -2.41. The van der Waals surface area contributed by atoms with E-state index in [1.165, 1.54) is 17.4 Å². The van der Waals surface area contributed by atoms with E-state index in [1.807, 2.05) is 16.8 Å². The first kappa shape index (κ1) is 23.1. The topological polar surface area (TPSA) is 90.4 Å². The Balaban J connectivity index is 1.52. The molecule has 6 nitrogen and oxygen atoms in total. The summed E-state index contributed by atoms with van der Waals surface area (Å²) >= 11 is 1.53. The number of amides is 2. The number of carbonyl (C=O) groups excluding carboxylic acids is 2. The Morgan fingerprint density at radius 2 is 1.97 bits per heavy atom. The Hall–Kier alpha value is -3.06. The van der Waals surface area contributed by atoms with E-state index < -0.39 is 34.5 Å². The highest BCUT2D eigenvalue weighted by Crippen LogP contribution is 2.46. The molecule has 3 heterocycles. The van der Waals surface area contributed by atoms with E-state index in [1.54, 1.807) is 15.9 Å². The van der Waals surface area contributed by atoms with Crippen molar-refractivity contribution in [2.24, 2.45) is 17.1 Å². The number of carbonyl (C=O) groups is 2. The largest absolute Gasteiger partial charge is 0.417 e. The number of nitrogens with zero attached hydrogens (tertiary/aromatic N) is 3. The molecule has 10 heteroatoms. The molecule has 2 fully saturated rings. The maximum Gasteiger partial charge on any atom is 0.417 e. The monoisotopic (exact) mass is 476 g/mol. The number of rotatable bonds is 4. The number of piperidine rings is 1. The highest BCUT2D eigenvalue weighted by Gasteiger charge is 2.51. The van der Waals surface area contributed by atoms with Crippen LogP contribution in [0.3, 0.4) is 0 Å². The molecule has 1 spiro atoms. The number of hydrogen-bond acceptors (Lipinski definition) is 5. The van der Waals surface area contributed by atoms with E-state index in [9.17, 15) is 22.8 Å². The SMILES string of the molecule is N#Cc1ccc(N2CC(C(N)=O)C3(CCN(C(=O)Cc4ccsc4)CC3)C2)cc1C(F)(F)F. The van der Waals surface area contributed by atoms with Crippen molar-refractivity contribution in [3.63, 3.8) is 0 Å². The highest BCUT2D eigenvalue weighted by molar-refractivity contribution is 7.08. The minimum atomic E-state index is -4.66. The minimum Gasteiger partial charge on any atom is -0.370 e. The van der Waals surface area contributed by atoms with Crippen LogP contribution in [0.5, 0.6) is 0 Å². The van der Waals surface area contributed by atoms with Gasteiger partial charge in [-0.25, -0.2) is 0 Å². The number of benzene rings is 1. The third-order valence-electron chi connectivity index (χ3n) is 6.83. The van der Waals surface area contributed by atoms with Gasteiger partial charge in [-0.15, -0.1) is 0 Å². The van der Waals surface area contributed by atoms with Gasteiger partial charge < -0.3 is 15.5 Å². The number of primary amides is 1. The quantitative estimate of drug-likeness (QED) is 0.732. The van der Waals surface area contributed by atoms with Crippen LogP contribution in [0.4, 0.5) is 18.9 Å². The van der Waals surface area contributed by atoms with E-state index in [-0.39, 0.29) is 12.5 Å². The maximum atomic E-state index is 13.4. The van der Waals surface area contributed by atoms with Crippen molar-refractivity contribution in [2.45, 2.75) is 25.4 Å². The van der Waals surface area contributed by atoms with Gasteiger partial charge in [-0.2, -0.15) is 29.8 Å². The predicted molar refractivity (Wildman–Crippen MR) is 117 cm³/mol. The van der Waals surface area contributed by atoms with E-state index in [2.05, 4.69) is 0 Å². The fraction of sp³-hybridized carbons (Fsp3) is 0.435. The molecule has 2 saturated heterocycles. The van der Waals surface area contributed by atoms with Gasteiger partial charge in [0, 0.05) is 37.3 Å². The number of nitriles is 1. The molecule has 174 valence electrons. The molecule has 2 aromatic rings. The smallest absolute Gasteiger partial charge is 0.370 e. The second-order valence-electron chi connectivity index (χ2n) is 8.73. The summed E-state index contributed by atoms with van der Waals surface area (Å²) in [6, 6.07) is 7.11. The zero-order chi connectivity index (χ0) is 23.8. The molecule has 0 radical (unpaired) electrons. The fourth-order valence-corrected chi connectivity index (χ4v) is 5.67. The van der Waals surface area contributed by atoms with Crippen molar-refractivity contribution >= 4 is 28.8 Å². The summed E-state index contributed by atoms with van der Waals surface area (Å²) in [7, 11) is 0. The molecule has 0 bridgehead atoms. The number of anilines is 1. The number of thiophene rings is 1.